The maximum atomic E-state index is 12.6. The van der Waals surface area contributed by atoms with Gasteiger partial charge in [-0.15, -0.1) is 0 Å². The Hall–Kier alpha value is -2.60. The molecule has 1 aromatic carbocycles. The summed E-state index contributed by atoms with van der Waals surface area (Å²) in [5.41, 5.74) is 1.98. The predicted octanol–water partition coefficient (Wildman–Crippen LogP) is 2.92. The van der Waals surface area contributed by atoms with Gasteiger partial charge in [0.2, 0.25) is 0 Å². The summed E-state index contributed by atoms with van der Waals surface area (Å²) in [4.78, 5) is 19.4. The minimum Gasteiger partial charge on any atom is -0.497 e. The van der Waals surface area contributed by atoms with Crippen LogP contribution in [0.4, 0.5) is 10.5 Å². The second-order valence-corrected chi connectivity index (χ2v) is 7.36. The molecule has 0 spiro atoms. The molecule has 2 aromatic rings. The highest BCUT2D eigenvalue weighted by Crippen LogP contribution is 2.34. The fraction of sp³-hybridized carbons (Fsp3) is 0.429. The number of hydrogen-bond donors (Lipinski definition) is 2. The summed E-state index contributed by atoms with van der Waals surface area (Å²) in [6.07, 6.45) is 6.94. The van der Waals surface area contributed by atoms with Crippen molar-refractivity contribution in [3.8, 4) is 5.75 Å². The molecule has 3 aliphatic heterocycles. The van der Waals surface area contributed by atoms with Crippen molar-refractivity contribution in [2.75, 3.05) is 25.5 Å². The number of amides is 2. The van der Waals surface area contributed by atoms with Crippen LogP contribution in [-0.2, 0) is 6.42 Å². The van der Waals surface area contributed by atoms with Crippen molar-refractivity contribution < 1.29 is 9.53 Å². The second-order valence-electron chi connectivity index (χ2n) is 7.36. The lowest BCUT2D eigenvalue weighted by atomic mass is 9.77. The van der Waals surface area contributed by atoms with Crippen LogP contribution >= 0.6 is 0 Å². The molecule has 3 saturated heterocycles. The van der Waals surface area contributed by atoms with Gasteiger partial charge in [-0.2, -0.15) is 0 Å². The number of carbonyl (C=O) groups is 1. The number of carbonyl (C=O) groups excluding carboxylic acids is 1. The van der Waals surface area contributed by atoms with Gasteiger partial charge in [-0.3, -0.25) is 9.88 Å². The van der Waals surface area contributed by atoms with E-state index in [4.69, 9.17) is 4.74 Å². The monoisotopic (exact) mass is 366 g/mol. The van der Waals surface area contributed by atoms with Gasteiger partial charge in [0.25, 0.3) is 0 Å². The zero-order valence-electron chi connectivity index (χ0n) is 15.6. The standard InChI is InChI=1S/C21H26N4O2/c1-27-18-6-4-17(5-7-18)23-21(26)24-20-16-8-11-25(12-9-16)19(20)13-15-3-2-10-22-14-15/h2-7,10,14,16,19-20H,8-9,11-13H2,1H3,(H2,23,24,26). The van der Waals surface area contributed by atoms with Gasteiger partial charge < -0.3 is 15.4 Å². The van der Waals surface area contributed by atoms with E-state index < -0.39 is 0 Å². The average Bonchev–Trinajstić information content (AvgIpc) is 2.72. The Morgan fingerprint density at radius 2 is 2.00 bits per heavy atom. The number of ether oxygens (including phenoxy) is 1. The van der Waals surface area contributed by atoms with E-state index in [2.05, 4.69) is 26.6 Å². The summed E-state index contributed by atoms with van der Waals surface area (Å²) >= 11 is 0. The summed E-state index contributed by atoms with van der Waals surface area (Å²) in [5, 5.41) is 6.20. The Kier molecular flexibility index (Phi) is 5.25. The number of pyridine rings is 1. The number of benzene rings is 1. The fourth-order valence-corrected chi connectivity index (χ4v) is 4.37. The fourth-order valence-electron chi connectivity index (χ4n) is 4.37. The van der Waals surface area contributed by atoms with E-state index in [9.17, 15) is 4.79 Å². The first-order valence-electron chi connectivity index (χ1n) is 9.57. The summed E-state index contributed by atoms with van der Waals surface area (Å²) in [5.74, 6) is 1.31. The van der Waals surface area contributed by atoms with E-state index in [1.54, 1.807) is 13.3 Å². The third-order valence-corrected chi connectivity index (χ3v) is 5.78. The van der Waals surface area contributed by atoms with Crippen molar-refractivity contribution in [1.82, 2.24) is 15.2 Å². The van der Waals surface area contributed by atoms with Crippen LogP contribution in [0.25, 0.3) is 0 Å². The molecule has 2 atom stereocenters. The molecule has 0 saturated carbocycles. The molecule has 0 radical (unpaired) electrons. The SMILES string of the molecule is COc1ccc(NC(=O)NC2C3CCN(CC3)C2Cc2cccnc2)cc1. The first kappa shape index (κ1) is 17.8. The van der Waals surface area contributed by atoms with Crippen molar-refractivity contribution in [3.63, 3.8) is 0 Å². The highest BCUT2D eigenvalue weighted by Gasteiger charge is 2.42. The van der Waals surface area contributed by atoms with Crippen LogP contribution in [0.2, 0.25) is 0 Å². The minimum absolute atomic E-state index is 0.143. The number of rotatable bonds is 5. The van der Waals surface area contributed by atoms with Gasteiger partial charge in [-0.1, -0.05) is 6.07 Å². The first-order valence-corrected chi connectivity index (χ1v) is 9.57. The Balaban J connectivity index is 1.43. The molecule has 2 bridgehead atoms. The Bertz CT molecular complexity index is 758. The van der Waals surface area contributed by atoms with Gasteiger partial charge in [0.05, 0.1) is 7.11 Å². The first-order chi connectivity index (χ1) is 13.2. The Labute approximate surface area is 159 Å². The van der Waals surface area contributed by atoms with Crippen LogP contribution in [-0.4, -0.2) is 48.2 Å². The van der Waals surface area contributed by atoms with E-state index in [-0.39, 0.29) is 12.1 Å². The highest BCUT2D eigenvalue weighted by molar-refractivity contribution is 5.89. The molecule has 0 aliphatic carbocycles. The van der Waals surface area contributed by atoms with Crippen LogP contribution in [0, 0.1) is 5.92 Å². The molecule has 142 valence electrons. The molecule has 4 heterocycles. The molecule has 2 unspecified atom stereocenters. The Morgan fingerprint density at radius 1 is 1.22 bits per heavy atom. The number of methoxy groups -OCH3 is 1. The third kappa shape index (κ3) is 4.06. The number of urea groups is 1. The number of hydrogen-bond acceptors (Lipinski definition) is 4. The third-order valence-electron chi connectivity index (χ3n) is 5.78. The number of anilines is 1. The molecule has 6 heteroatoms. The van der Waals surface area contributed by atoms with Crippen molar-refractivity contribution in [2.24, 2.45) is 5.92 Å². The predicted molar refractivity (Wildman–Crippen MR) is 105 cm³/mol. The number of aromatic nitrogens is 1. The van der Waals surface area contributed by atoms with Gasteiger partial charge in [-0.05, 0) is 74.2 Å². The molecule has 1 aromatic heterocycles. The summed E-state index contributed by atoms with van der Waals surface area (Å²) in [6.45, 7) is 2.24. The zero-order chi connectivity index (χ0) is 18.6. The molecule has 3 fully saturated rings. The molecule has 3 aliphatic rings. The lowest BCUT2D eigenvalue weighted by Gasteiger charge is -2.51. The summed E-state index contributed by atoms with van der Waals surface area (Å²) in [6, 6.07) is 11.8. The molecular formula is C21H26N4O2. The van der Waals surface area contributed by atoms with E-state index in [1.165, 1.54) is 5.56 Å². The molecule has 27 heavy (non-hydrogen) atoms. The van der Waals surface area contributed by atoms with Crippen LogP contribution < -0.4 is 15.4 Å². The van der Waals surface area contributed by atoms with Crippen LogP contribution in [0.3, 0.4) is 0 Å². The number of fused-ring (bicyclic) bond motifs is 3. The van der Waals surface area contributed by atoms with Crippen LogP contribution in [0.15, 0.2) is 48.8 Å². The van der Waals surface area contributed by atoms with Crippen molar-refractivity contribution in [2.45, 2.75) is 31.3 Å². The van der Waals surface area contributed by atoms with Gasteiger partial charge in [0.15, 0.2) is 0 Å². The lowest BCUT2D eigenvalue weighted by Crippen LogP contribution is -2.64. The van der Waals surface area contributed by atoms with Crippen molar-refractivity contribution in [3.05, 3.63) is 54.4 Å². The van der Waals surface area contributed by atoms with Gasteiger partial charge in [-0.25, -0.2) is 4.79 Å². The van der Waals surface area contributed by atoms with Crippen molar-refractivity contribution in [1.29, 1.82) is 0 Å². The maximum absolute atomic E-state index is 12.6. The molecule has 2 amide bonds. The lowest BCUT2D eigenvalue weighted by molar-refractivity contribution is 0.0184. The second kappa shape index (κ2) is 7.96. The minimum atomic E-state index is -0.143. The topological polar surface area (TPSA) is 66.5 Å². The molecule has 6 nitrogen and oxygen atoms in total. The number of nitrogens with one attached hydrogen (secondary N) is 2. The Morgan fingerprint density at radius 3 is 2.67 bits per heavy atom. The smallest absolute Gasteiger partial charge is 0.319 e. The quantitative estimate of drug-likeness (QED) is 0.854. The molecular weight excluding hydrogens is 340 g/mol. The van der Waals surface area contributed by atoms with Gasteiger partial charge in [0, 0.05) is 30.2 Å². The van der Waals surface area contributed by atoms with Gasteiger partial charge >= 0.3 is 6.03 Å². The van der Waals surface area contributed by atoms with Gasteiger partial charge in [0.1, 0.15) is 5.75 Å². The maximum Gasteiger partial charge on any atom is 0.319 e. The van der Waals surface area contributed by atoms with E-state index in [1.807, 2.05) is 36.5 Å². The summed E-state index contributed by atoms with van der Waals surface area (Å²) in [7, 11) is 1.63. The van der Waals surface area contributed by atoms with E-state index in [0.717, 1.165) is 43.8 Å². The highest BCUT2D eigenvalue weighted by atomic mass is 16.5. The largest absolute Gasteiger partial charge is 0.497 e. The van der Waals surface area contributed by atoms with Crippen molar-refractivity contribution >= 4 is 11.7 Å². The normalized spacial score (nSPS) is 26.4. The van der Waals surface area contributed by atoms with E-state index in [0.29, 0.717) is 12.0 Å². The van der Waals surface area contributed by atoms with Crippen LogP contribution in [0.1, 0.15) is 18.4 Å². The molecule has 5 rings (SSSR count). The van der Waals surface area contributed by atoms with Crippen LogP contribution in [0.5, 0.6) is 5.75 Å². The average molecular weight is 366 g/mol. The summed E-state index contributed by atoms with van der Waals surface area (Å²) < 4.78 is 5.16. The van der Waals surface area contributed by atoms with E-state index >= 15 is 0 Å². The zero-order valence-corrected chi connectivity index (χ0v) is 15.6. The number of nitrogens with zero attached hydrogens (tertiary/aromatic N) is 2. The number of piperidine rings is 3. The molecule has 2 N–H and O–H groups in total.